The Morgan fingerprint density at radius 1 is 1.28 bits per heavy atom. The summed E-state index contributed by atoms with van der Waals surface area (Å²) in [6.07, 6.45) is 1.60. The highest BCUT2D eigenvalue weighted by Gasteiger charge is 2.05. The van der Waals surface area contributed by atoms with Crippen LogP contribution in [-0.2, 0) is 0 Å². The van der Waals surface area contributed by atoms with E-state index in [1.165, 1.54) is 0 Å². The van der Waals surface area contributed by atoms with E-state index in [-0.39, 0.29) is 5.75 Å². The molecule has 2 nitrogen and oxygen atoms in total. The first-order chi connectivity index (χ1) is 8.58. The molecule has 18 heavy (non-hydrogen) atoms. The van der Waals surface area contributed by atoms with Gasteiger partial charge in [0.15, 0.2) is 0 Å². The first-order valence-corrected chi connectivity index (χ1v) is 7.29. The van der Waals surface area contributed by atoms with Gasteiger partial charge in [0.2, 0.25) is 0 Å². The molecule has 0 aliphatic heterocycles. The molecule has 0 saturated carbocycles. The van der Waals surface area contributed by atoms with Crippen molar-refractivity contribution in [2.75, 3.05) is 0 Å². The number of aromatic hydroxyl groups is 1. The normalized spacial score (nSPS) is 11.1. The van der Waals surface area contributed by atoms with Crippen molar-refractivity contribution in [3.8, 4) is 5.75 Å². The van der Waals surface area contributed by atoms with Crippen LogP contribution in [0.2, 0.25) is 5.02 Å². The van der Waals surface area contributed by atoms with Crippen molar-refractivity contribution in [2.24, 2.45) is 4.99 Å². The lowest BCUT2D eigenvalue weighted by atomic mass is 10.2. The molecule has 0 heterocycles. The van der Waals surface area contributed by atoms with Crippen LogP contribution in [0.3, 0.4) is 0 Å². The van der Waals surface area contributed by atoms with Crippen molar-refractivity contribution in [3.63, 3.8) is 0 Å². The van der Waals surface area contributed by atoms with Crippen LogP contribution >= 0.6 is 50.1 Å². The zero-order valence-electron chi connectivity index (χ0n) is 9.07. The smallest absolute Gasteiger partial charge is 0.137 e. The maximum atomic E-state index is 9.92. The Labute approximate surface area is 132 Å². The van der Waals surface area contributed by atoms with E-state index in [0.29, 0.717) is 16.3 Å². The van der Waals surface area contributed by atoms with Gasteiger partial charge in [-0.15, -0.1) is 0 Å². The molecule has 0 aliphatic rings. The highest BCUT2D eigenvalue weighted by Crippen LogP contribution is 2.29. The lowest BCUT2D eigenvalue weighted by Gasteiger charge is -2.03. The van der Waals surface area contributed by atoms with Crippen molar-refractivity contribution in [1.29, 1.82) is 0 Å². The second-order valence-corrected chi connectivity index (χ2v) is 6.02. The van der Waals surface area contributed by atoms with E-state index >= 15 is 0 Å². The molecule has 0 saturated heterocycles. The largest absolute Gasteiger partial charge is 0.506 e. The quantitative estimate of drug-likeness (QED) is 0.512. The molecule has 5 heteroatoms. The number of halogens is 3. The lowest BCUT2D eigenvalue weighted by Crippen LogP contribution is -1.86. The summed E-state index contributed by atoms with van der Waals surface area (Å²) in [5, 5.41) is 10.5. The van der Waals surface area contributed by atoms with E-state index in [1.807, 2.05) is 24.3 Å². The second kappa shape index (κ2) is 6.04. The number of rotatable bonds is 2. The molecule has 92 valence electrons. The molecule has 0 aliphatic carbocycles. The summed E-state index contributed by atoms with van der Waals surface area (Å²) in [7, 11) is 0. The number of aliphatic imine (C=N–C) groups is 1. The van der Waals surface area contributed by atoms with Crippen LogP contribution in [0.5, 0.6) is 5.75 Å². The summed E-state index contributed by atoms with van der Waals surface area (Å²) in [5.74, 6) is 0.217. The third-order valence-corrected chi connectivity index (χ3v) is 3.85. The van der Waals surface area contributed by atoms with Crippen LogP contribution in [-0.4, -0.2) is 11.3 Å². The zero-order chi connectivity index (χ0) is 13.1. The first-order valence-electron chi connectivity index (χ1n) is 5.04. The predicted molar refractivity (Wildman–Crippen MR) is 87.2 cm³/mol. The van der Waals surface area contributed by atoms with Gasteiger partial charge in [0.1, 0.15) is 5.75 Å². The molecule has 0 fully saturated rings. The number of benzene rings is 2. The van der Waals surface area contributed by atoms with Gasteiger partial charge in [-0.25, -0.2) is 0 Å². The van der Waals surface area contributed by atoms with Gasteiger partial charge in [0.05, 0.1) is 14.3 Å². The molecule has 0 bridgehead atoms. The van der Waals surface area contributed by atoms with Crippen molar-refractivity contribution in [1.82, 2.24) is 0 Å². The molecule has 0 unspecified atom stereocenters. The summed E-state index contributed by atoms with van der Waals surface area (Å²) in [4.78, 5) is 4.28. The van der Waals surface area contributed by atoms with Crippen molar-refractivity contribution >= 4 is 62.0 Å². The predicted octanol–water partition coefficient (Wildman–Crippen LogP) is 5.16. The molecule has 0 spiro atoms. The van der Waals surface area contributed by atoms with Gasteiger partial charge in [0, 0.05) is 16.3 Å². The molecule has 1 N–H and O–H groups in total. The van der Waals surface area contributed by atoms with Gasteiger partial charge in [-0.1, -0.05) is 39.7 Å². The third-order valence-electron chi connectivity index (χ3n) is 2.25. The Kier molecular flexibility index (Phi) is 4.64. The lowest BCUT2D eigenvalue weighted by molar-refractivity contribution is 0.470. The van der Waals surface area contributed by atoms with Gasteiger partial charge in [-0.2, -0.15) is 0 Å². The van der Waals surface area contributed by atoms with Crippen LogP contribution in [0.4, 0.5) is 5.69 Å². The summed E-state index contributed by atoms with van der Waals surface area (Å²) >= 11 is 11.5. The minimum absolute atomic E-state index is 0.217. The number of para-hydroxylation sites is 1. The Bertz CT molecular complexity index is 616. The molecule has 0 aromatic heterocycles. The van der Waals surface area contributed by atoms with Crippen molar-refractivity contribution in [2.45, 2.75) is 0 Å². The fourth-order valence-corrected chi connectivity index (χ4v) is 3.11. The molecule has 0 radical (unpaired) electrons. The van der Waals surface area contributed by atoms with Gasteiger partial charge in [-0.05, 0) is 46.9 Å². The Hall–Kier alpha value is -0.590. The van der Waals surface area contributed by atoms with Gasteiger partial charge in [0.25, 0.3) is 0 Å². The van der Waals surface area contributed by atoms with E-state index in [0.717, 1.165) is 8.04 Å². The van der Waals surface area contributed by atoms with Crippen molar-refractivity contribution < 1.29 is 5.11 Å². The maximum Gasteiger partial charge on any atom is 0.137 e. The molecule has 0 amide bonds. The van der Waals surface area contributed by atoms with Gasteiger partial charge >= 0.3 is 0 Å². The SMILES string of the molecule is Oc1c(I)cc(Br)cc1C=Nc1ccccc1Cl. The standard InChI is InChI=1S/C13H8BrClINO/c14-9-5-8(13(18)11(16)6-9)7-17-12-4-2-1-3-10(12)15/h1-7,18H. The van der Waals surface area contributed by atoms with E-state index in [1.54, 1.807) is 18.3 Å². The Balaban J connectivity index is 2.38. The average Bonchev–Trinajstić information content (AvgIpc) is 2.33. The zero-order valence-corrected chi connectivity index (χ0v) is 13.6. The van der Waals surface area contributed by atoms with Crippen LogP contribution in [0.1, 0.15) is 5.56 Å². The number of nitrogens with zero attached hydrogens (tertiary/aromatic N) is 1. The summed E-state index contributed by atoms with van der Waals surface area (Å²) in [6.45, 7) is 0. The second-order valence-electron chi connectivity index (χ2n) is 3.54. The summed E-state index contributed by atoms with van der Waals surface area (Å²) in [5.41, 5.74) is 1.32. The van der Waals surface area contributed by atoms with Crippen LogP contribution in [0, 0.1) is 3.57 Å². The van der Waals surface area contributed by atoms with E-state index < -0.39 is 0 Å². The molecular formula is C13H8BrClINO. The Morgan fingerprint density at radius 2 is 2.00 bits per heavy atom. The number of hydrogen-bond donors (Lipinski definition) is 1. The van der Waals surface area contributed by atoms with Gasteiger partial charge < -0.3 is 5.11 Å². The van der Waals surface area contributed by atoms with E-state index in [9.17, 15) is 5.11 Å². The first kappa shape index (κ1) is 13.8. The third kappa shape index (κ3) is 3.24. The minimum Gasteiger partial charge on any atom is -0.506 e. The number of hydrogen-bond acceptors (Lipinski definition) is 2. The number of phenols is 1. The molecule has 2 aromatic rings. The molecule has 2 rings (SSSR count). The minimum atomic E-state index is 0.217. The summed E-state index contributed by atoms with van der Waals surface area (Å²) < 4.78 is 1.66. The topological polar surface area (TPSA) is 32.6 Å². The molecule has 0 atom stereocenters. The highest BCUT2D eigenvalue weighted by atomic mass is 127. The molecular weight excluding hydrogens is 428 g/mol. The van der Waals surface area contributed by atoms with E-state index in [4.69, 9.17) is 11.6 Å². The number of phenolic OH excluding ortho intramolecular Hbond substituents is 1. The fraction of sp³-hybridized carbons (Fsp3) is 0. The highest BCUT2D eigenvalue weighted by molar-refractivity contribution is 14.1. The van der Waals surface area contributed by atoms with Crippen LogP contribution in [0.15, 0.2) is 45.9 Å². The Morgan fingerprint density at radius 3 is 2.72 bits per heavy atom. The van der Waals surface area contributed by atoms with E-state index in [2.05, 4.69) is 43.5 Å². The van der Waals surface area contributed by atoms with Crippen LogP contribution in [0.25, 0.3) is 0 Å². The average molecular weight is 436 g/mol. The summed E-state index contributed by atoms with van der Waals surface area (Å²) in [6, 6.07) is 10.9. The monoisotopic (exact) mass is 435 g/mol. The molecule has 2 aromatic carbocycles. The fourth-order valence-electron chi connectivity index (χ4n) is 1.38. The van der Waals surface area contributed by atoms with Crippen molar-refractivity contribution in [3.05, 3.63) is 55.0 Å². The maximum absolute atomic E-state index is 9.92. The van der Waals surface area contributed by atoms with Crippen LogP contribution < -0.4 is 0 Å². The van der Waals surface area contributed by atoms with Gasteiger partial charge in [-0.3, -0.25) is 4.99 Å².